The van der Waals surface area contributed by atoms with Gasteiger partial charge < -0.3 is 10.6 Å². The highest BCUT2D eigenvalue weighted by atomic mass is 32.1. The Kier molecular flexibility index (Phi) is 5.25. The Bertz CT molecular complexity index is 884. The van der Waals surface area contributed by atoms with Crippen molar-refractivity contribution >= 4 is 45.9 Å². The van der Waals surface area contributed by atoms with E-state index in [0.717, 1.165) is 16.3 Å². The zero-order chi connectivity index (χ0) is 17.8. The number of thiophene rings is 1. The molecule has 3 aromatic rings. The molecule has 128 valence electrons. The van der Waals surface area contributed by atoms with Gasteiger partial charge in [-0.25, -0.2) is 4.98 Å². The summed E-state index contributed by atoms with van der Waals surface area (Å²) in [7, 11) is 0. The number of rotatable bonds is 5. The molecule has 0 saturated heterocycles. The lowest BCUT2D eigenvalue weighted by molar-refractivity contribution is -0.115. The average molecular weight is 371 g/mol. The summed E-state index contributed by atoms with van der Waals surface area (Å²) < 4.78 is 0. The summed E-state index contributed by atoms with van der Waals surface area (Å²) in [6.45, 7) is 3.64. The van der Waals surface area contributed by atoms with Crippen LogP contribution in [-0.4, -0.2) is 16.8 Å². The van der Waals surface area contributed by atoms with E-state index in [1.54, 1.807) is 42.5 Å². The molecule has 25 heavy (non-hydrogen) atoms. The second-order valence-electron chi connectivity index (χ2n) is 5.38. The number of anilines is 2. The molecule has 0 aliphatic rings. The van der Waals surface area contributed by atoms with Gasteiger partial charge in [-0.15, -0.1) is 11.3 Å². The highest BCUT2D eigenvalue weighted by molar-refractivity contribution is 7.17. The maximum absolute atomic E-state index is 12.5. The molecule has 0 atom stereocenters. The summed E-state index contributed by atoms with van der Waals surface area (Å²) >= 11 is 2.99. The van der Waals surface area contributed by atoms with Crippen LogP contribution in [0.2, 0.25) is 0 Å². The number of aromatic nitrogens is 1. The van der Waals surface area contributed by atoms with Gasteiger partial charge >= 0.3 is 0 Å². The molecular formula is C18H17N3O2S2. The number of amides is 2. The molecule has 0 saturated carbocycles. The summed E-state index contributed by atoms with van der Waals surface area (Å²) in [5, 5.41) is 10.5. The van der Waals surface area contributed by atoms with Gasteiger partial charge in [-0.3, -0.25) is 9.59 Å². The van der Waals surface area contributed by atoms with Crippen LogP contribution in [0, 0.1) is 6.92 Å². The Morgan fingerprint density at radius 3 is 2.36 bits per heavy atom. The van der Waals surface area contributed by atoms with E-state index in [4.69, 9.17) is 0 Å². The number of hydrogen-bond acceptors (Lipinski definition) is 5. The van der Waals surface area contributed by atoms with Gasteiger partial charge in [0, 0.05) is 28.7 Å². The lowest BCUT2D eigenvalue weighted by atomic mass is 10.2. The molecule has 0 aliphatic heterocycles. The quantitative estimate of drug-likeness (QED) is 0.678. The number of nitrogens with zero attached hydrogens (tertiary/aromatic N) is 1. The summed E-state index contributed by atoms with van der Waals surface area (Å²) in [6, 6.07) is 9.05. The summed E-state index contributed by atoms with van der Waals surface area (Å²) in [6.07, 6.45) is 0.426. The van der Waals surface area contributed by atoms with Crippen molar-refractivity contribution in [3.05, 3.63) is 51.7 Å². The highest BCUT2D eigenvalue weighted by Crippen LogP contribution is 2.30. The predicted octanol–water partition coefficient (Wildman–Crippen LogP) is 4.78. The van der Waals surface area contributed by atoms with E-state index in [-0.39, 0.29) is 11.8 Å². The smallest absolute Gasteiger partial charge is 0.267 e. The fourth-order valence-corrected chi connectivity index (χ4v) is 3.86. The lowest BCUT2D eigenvalue weighted by Crippen LogP contribution is -2.12. The largest absolute Gasteiger partial charge is 0.326 e. The Morgan fingerprint density at radius 2 is 1.76 bits per heavy atom. The van der Waals surface area contributed by atoms with Gasteiger partial charge in [0.05, 0.1) is 5.69 Å². The van der Waals surface area contributed by atoms with E-state index in [2.05, 4.69) is 15.6 Å². The van der Waals surface area contributed by atoms with Crippen molar-refractivity contribution < 1.29 is 9.59 Å². The van der Waals surface area contributed by atoms with Crippen molar-refractivity contribution in [2.24, 2.45) is 0 Å². The van der Waals surface area contributed by atoms with Gasteiger partial charge in [0.25, 0.3) is 5.91 Å². The molecule has 2 heterocycles. The van der Waals surface area contributed by atoms with E-state index in [0.29, 0.717) is 22.7 Å². The van der Waals surface area contributed by atoms with E-state index in [1.807, 2.05) is 23.8 Å². The second kappa shape index (κ2) is 7.58. The minimum Gasteiger partial charge on any atom is -0.326 e. The second-order valence-corrected chi connectivity index (χ2v) is 7.16. The maximum atomic E-state index is 12.5. The van der Waals surface area contributed by atoms with Crippen LogP contribution in [0.3, 0.4) is 0 Å². The number of carbonyl (C=O) groups excluding carboxylic acids is 2. The first-order chi connectivity index (χ1) is 12.1. The summed E-state index contributed by atoms with van der Waals surface area (Å²) in [5.74, 6) is -0.222. The van der Waals surface area contributed by atoms with Crippen molar-refractivity contribution in [3.8, 4) is 10.6 Å². The number of thiazole rings is 1. The molecule has 2 aromatic heterocycles. The van der Waals surface area contributed by atoms with Crippen molar-refractivity contribution in [1.82, 2.24) is 4.98 Å². The van der Waals surface area contributed by atoms with Crippen molar-refractivity contribution in [1.29, 1.82) is 0 Å². The summed E-state index contributed by atoms with van der Waals surface area (Å²) in [5.41, 5.74) is 3.13. The van der Waals surface area contributed by atoms with Gasteiger partial charge in [-0.2, -0.15) is 11.3 Å². The Balaban J connectivity index is 1.71. The number of aryl methyl sites for hydroxylation is 1. The molecule has 0 unspecified atom stereocenters. The Morgan fingerprint density at radius 1 is 1.08 bits per heavy atom. The molecular weight excluding hydrogens is 354 g/mol. The molecule has 1 aromatic carbocycles. The zero-order valence-electron chi connectivity index (χ0n) is 13.8. The standard InChI is InChI=1S/C18H17N3O2S2/c1-3-15(22)20-13-4-6-14(7-5-13)21-17(23)16-11(2)19-18(25-16)12-8-9-24-10-12/h4-10H,3H2,1-2H3,(H,20,22)(H,21,23). The van der Waals surface area contributed by atoms with Crippen molar-refractivity contribution in [2.75, 3.05) is 10.6 Å². The van der Waals surface area contributed by atoms with Crippen LogP contribution in [0.4, 0.5) is 11.4 Å². The van der Waals surface area contributed by atoms with Crippen molar-refractivity contribution in [2.45, 2.75) is 20.3 Å². The number of hydrogen-bond donors (Lipinski definition) is 2. The third kappa shape index (κ3) is 4.12. The molecule has 0 aliphatic carbocycles. The lowest BCUT2D eigenvalue weighted by Gasteiger charge is -2.07. The zero-order valence-corrected chi connectivity index (χ0v) is 15.5. The first-order valence-electron chi connectivity index (χ1n) is 7.78. The van der Waals surface area contributed by atoms with E-state index >= 15 is 0 Å². The fraction of sp³-hybridized carbons (Fsp3) is 0.167. The predicted molar refractivity (Wildman–Crippen MR) is 103 cm³/mol. The van der Waals surface area contributed by atoms with Crippen LogP contribution in [-0.2, 0) is 4.79 Å². The molecule has 2 N–H and O–H groups in total. The molecule has 2 amide bonds. The van der Waals surface area contributed by atoms with Crippen LogP contribution < -0.4 is 10.6 Å². The minimum atomic E-state index is -0.179. The van der Waals surface area contributed by atoms with Crippen LogP contribution in [0.25, 0.3) is 10.6 Å². The van der Waals surface area contributed by atoms with Crippen LogP contribution in [0.5, 0.6) is 0 Å². The monoisotopic (exact) mass is 371 g/mol. The molecule has 5 nitrogen and oxygen atoms in total. The molecule has 0 spiro atoms. The van der Waals surface area contributed by atoms with Gasteiger partial charge in [-0.05, 0) is 42.6 Å². The number of benzene rings is 1. The molecule has 3 rings (SSSR count). The average Bonchev–Trinajstić information content (AvgIpc) is 3.26. The minimum absolute atomic E-state index is 0.0435. The normalized spacial score (nSPS) is 10.5. The molecule has 0 radical (unpaired) electrons. The topological polar surface area (TPSA) is 71.1 Å². The fourth-order valence-electron chi connectivity index (χ4n) is 2.19. The third-order valence-corrected chi connectivity index (χ3v) is 5.41. The van der Waals surface area contributed by atoms with Crippen LogP contribution in [0.1, 0.15) is 28.7 Å². The van der Waals surface area contributed by atoms with Gasteiger partial charge in [0.2, 0.25) is 5.91 Å². The Hall–Kier alpha value is -2.51. The molecule has 0 bridgehead atoms. The van der Waals surface area contributed by atoms with Crippen LogP contribution >= 0.6 is 22.7 Å². The van der Waals surface area contributed by atoms with Crippen molar-refractivity contribution in [3.63, 3.8) is 0 Å². The highest BCUT2D eigenvalue weighted by Gasteiger charge is 2.16. The van der Waals surface area contributed by atoms with E-state index < -0.39 is 0 Å². The Labute approximate surface area is 153 Å². The third-order valence-electron chi connectivity index (χ3n) is 3.52. The number of nitrogens with one attached hydrogen (secondary N) is 2. The van der Waals surface area contributed by atoms with Gasteiger partial charge in [0.15, 0.2) is 0 Å². The van der Waals surface area contributed by atoms with Gasteiger partial charge in [-0.1, -0.05) is 6.92 Å². The van der Waals surface area contributed by atoms with E-state index in [9.17, 15) is 9.59 Å². The molecule has 7 heteroatoms. The van der Waals surface area contributed by atoms with E-state index in [1.165, 1.54) is 11.3 Å². The van der Waals surface area contributed by atoms with Crippen LogP contribution in [0.15, 0.2) is 41.1 Å². The molecule has 0 fully saturated rings. The maximum Gasteiger partial charge on any atom is 0.267 e. The first-order valence-corrected chi connectivity index (χ1v) is 9.54. The number of carbonyl (C=O) groups is 2. The first kappa shape index (κ1) is 17.3. The SMILES string of the molecule is CCC(=O)Nc1ccc(NC(=O)c2sc(-c3ccsc3)nc2C)cc1. The van der Waals surface area contributed by atoms with Gasteiger partial charge in [0.1, 0.15) is 9.88 Å². The summed E-state index contributed by atoms with van der Waals surface area (Å²) in [4.78, 5) is 29.0.